The lowest BCUT2D eigenvalue weighted by atomic mass is 9.88. The molecule has 0 unspecified atom stereocenters. The third-order valence-corrected chi connectivity index (χ3v) is 5.04. The second kappa shape index (κ2) is 6.83. The summed E-state index contributed by atoms with van der Waals surface area (Å²) in [5.41, 5.74) is -0.224. The first-order valence-corrected chi connectivity index (χ1v) is 8.80. The van der Waals surface area contributed by atoms with Crippen LogP contribution in [0.3, 0.4) is 0 Å². The smallest absolute Gasteiger partial charge is 0.339 e. The number of carboxylic acids is 2. The molecule has 4 aromatic rings. The van der Waals surface area contributed by atoms with E-state index >= 15 is 0 Å². The fourth-order valence-corrected chi connectivity index (χ4v) is 3.82. The molecule has 0 spiro atoms. The summed E-state index contributed by atoms with van der Waals surface area (Å²) >= 11 is 0. The molecule has 0 saturated carbocycles. The Bertz CT molecular complexity index is 1200. The molecule has 0 heterocycles. The van der Waals surface area contributed by atoms with Crippen LogP contribution in [-0.4, -0.2) is 27.3 Å². The molecule has 0 amide bonds. The zero-order valence-electron chi connectivity index (χ0n) is 15.0. The van der Waals surface area contributed by atoms with Crippen molar-refractivity contribution in [1.82, 2.24) is 0 Å². The van der Waals surface area contributed by atoms with Crippen LogP contribution in [0.5, 0.6) is 11.5 Å². The summed E-state index contributed by atoms with van der Waals surface area (Å²) in [5.74, 6) is -3.77. The van der Waals surface area contributed by atoms with Gasteiger partial charge in [0.2, 0.25) is 0 Å². The molecule has 0 saturated heterocycles. The number of fused-ring (bicyclic) bond motifs is 2. The molecule has 0 atom stereocenters. The van der Waals surface area contributed by atoms with E-state index in [9.17, 15) is 30.0 Å². The van der Waals surface area contributed by atoms with Gasteiger partial charge in [0.25, 0.3) is 0 Å². The Morgan fingerprint density at radius 2 is 1.24 bits per heavy atom. The number of hydrogen-bond acceptors (Lipinski definition) is 4. The molecule has 3 N–H and O–H groups in total. The van der Waals surface area contributed by atoms with Crippen LogP contribution in [0, 0.1) is 0 Å². The molecule has 4 rings (SSSR count). The molecule has 0 aliphatic carbocycles. The van der Waals surface area contributed by atoms with Crippen LogP contribution in [-0.2, 0) is 6.42 Å². The standard InChI is InChI=1S/C23H16O6/c24-18-9-12-5-1-3-7-14(12)16(20(18)22(26)27)11-17-15-8-4-2-6-13(15)10-19(25)21(17)23(28)29/h1-10,24-25H,11H2,(H,26,27)(H,28,29)/p-1. The van der Waals surface area contributed by atoms with Crippen molar-refractivity contribution in [3.05, 3.63) is 82.9 Å². The summed E-state index contributed by atoms with van der Waals surface area (Å²) < 4.78 is 0. The molecule has 0 radical (unpaired) electrons. The average molecular weight is 387 g/mol. The number of phenols is 1. The van der Waals surface area contributed by atoms with Gasteiger partial charge in [-0.25, -0.2) is 9.59 Å². The first-order valence-electron chi connectivity index (χ1n) is 8.80. The minimum absolute atomic E-state index is 0.130. The molecule has 0 aliphatic heterocycles. The van der Waals surface area contributed by atoms with E-state index in [2.05, 4.69) is 0 Å². The second-order valence-electron chi connectivity index (χ2n) is 6.71. The van der Waals surface area contributed by atoms with E-state index in [4.69, 9.17) is 0 Å². The Balaban J connectivity index is 2.10. The van der Waals surface area contributed by atoms with Gasteiger partial charge < -0.3 is 20.4 Å². The van der Waals surface area contributed by atoms with E-state index in [1.54, 1.807) is 48.5 Å². The quantitative estimate of drug-likeness (QED) is 0.491. The van der Waals surface area contributed by atoms with Gasteiger partial charge in [0.15, 0.2) is 0 Å². The van der Waals surface area contributed by atoms with E-state index in [-0.39, 0.29) is 23.1 Å². The van der Waals surface area contributed by atoms with Gasteiger partial charge in [0, 0.05) is 6.42 Å². The normalized spacial score (nSPS) is 11.0. The second-order valence-corrected chi connectivity index (χ2v) is 6.71. The molecule has 0 bridgehead atoms. The summed E-state index contributed by atoms with van der Waals surface area (Å²) in [6, 6.07) is 16.4. The van der Waals surface area contributed by atoms with Crippen LogP contribution in [0.1, 0.15) is 31.8 Å². The third kappa shape index (κ3) is 3.00. The highest BCUT2D eigenvalue weighted by Gasteiger charge is 2.23. The minimum Gasteiger partial charge on any atom is -0.872 e. The number of aromatic carboxylic acids is 2. The Labute approximate surface area is 164 Å². The topological polar surface area (TPSA) is 118 Å². The first kappa shape index (κ1) is 18.3. The maximum atomic E-state index is 12.5. The minimum atomic E-state index is -1.38. The lowest BCUT2D eigenvalue weighted by Gasteiger charge is -2.20. The number of benzene rings is 4. The van der Waals surface area contributed by atoms with Crippen molar-refractivity contribution in [2.75, 3.05) is 0 Å². The van der Waals surface area contributed by atoms with Crippen molar-refractivity contribution in [3.63, 3.8) is 0 Å². The van der Waals surface area contributed by atoms with Crippen LogP contribution in [0.4, 0.5) is 0 Å². The van der Waals surface area contributed by atoms with Gasteiger partial charge in [-0.3, -0.25) is 0 Å². The molecular weight excluding hydrogens is 372 g/mol. The zero-order valence-corrected chi connectivity index (χ0v) is 15.0. The van der Waals surface area contributed by atoms with Crippen LogP contribution >= 0.6 is 0 Å². The maximum absolute atomic E-state index is 12.5. The summed E-state index contributed by atoms with van der Waals surface area (Å²) in [5, 5.41) is 44.5. The highest BCUT2D eigenvalue weighted by molar-refractivity contribution is 6.04. The number of carbonyl (C=O) groups is 2. The van der Waals surface area contributed by atoms with E-state index in [1.165, 1.54) is 12.1 Å². The highest BCUT2D eigenvalue weighted by atomic mass is 16.4. The van der Waals surface area contributed by atoms with Gasteiger partial charge in [-0.1, -0.05) is 60.3 Å². The number of aromatic hydroxyl groups is 1. The van der Waals surface area contributed by atoms with E-state index in [1.807, 2.05) is 0 Å². The van der Waals surface area contributed by atoms with Crippen LogP contribution in [0.15, 0.2) is 60.7 Å². The van der Waals surface area contributed by atoms with Gasteiger partial charge in [-0.05, 0) is 38.7 Å². The summed E-state index contributed by atoms with van der Waals surface area (Å²) in [7, 11) is 0. The molecule has 6 heteroatoms. The molecule has 0 aromatic heterocycles. The van der Waals surface area contributed by atoms with Gasteiger partial charge >= 0.3 is 11.9 Å². The van der Waals surface area contributed by atoms with Gasteiger partial charge in [0.05, 0.1) is 5.56 Å². The number of rotatable bonds is 4. The Morgan fingerprint density at radius 3 is 1.79 bits per heavy atom. The first-order chi connectivity index (χ1) is 13.9. The largest absolute Gasteiger partial charge is 0.872 e. The van der Waals surface area contributed by atoms with Crippen molar-refractivity contribution in [2.24, 2.45) is 0 Å². The SMILES string of the molecule is O=C(O)c1c([O-])cc2ccccc2c1Cc1c(C(=O)O)c(O)cc2ccccc12. The predicted molar refractivity (Wildman–Crippen MR) is 106 cm³/mol. The molecule has 0 aliphatic rings. The summed E-state index contributed by atoms with van der Waals surface area (Å²) in [4.78, 5) is 23.7. The predicted octanol–water partition coefficient (Wildman–Crippen LogP) is 3.76. The van der Waals surface area contributed by atoms with Crippen LogP contribution < -0.4 is 5.11 Å². The van der Waals surface area contributed by atoms with E-state index < -0.39 is 29.0 Å². The van der Waals surface area contributed by atoms with E-state index in [0.717, 1.165) is 0 Å². The lowest BCUT2D eigenvalue weighted by Crippen LogP contribution is -2.11. The molecule has 0 fully saturated rings. The third-order valence-electron chi connectivity index (χ3n) is 5.04. The highest BCUT2D eigenvalue weighted by Crippen LogP contribution is 2.36. The van der Waals surface area contributed by atoms with Crippen molar-refractivity contribution in [1.29, 1.82) is 0 Å². The molecule has 29 heavy (non-hydrogen) atoms. The van der Waals surface area contributed by atoms with E-state index in [0.29, 0.717) is 21.5 Å². The van der Waals surface area contributed by atoms with Gasteiger partial charge in [0.1, 0.15) is 11.3 Å². The average Bonchev–Trinajstić information content (AvgIpc) is 2.67. The molecule has 6 nitrogen and oxygen atoms in total. The zero-order chi connectivity index (χ0) is 20.7. The Hall–Kier alpha value is -4.06. The summed E-state index contributed by atoms with van der Waals surface area (Å²) in [6.07, 6.45) is -0.130. The Kier molecular flexibility index (Phi) is 4.31. The van der Waals surface area contributed by atoms with Crippen molar-refractivity contribution in [3.8, 4) is 11.5 Å². The number of hydrogen-bond donors (Lipinski definition) is 3. The fraction of sp³-hybridized carbons (Fsp3) is 0.0435. The van der Waals surface area contributed by atoms with Crippen molar-refractivity contribution < 1.29 is 30.0 Å². The van der Waals surface area contributed by atoms with Gasteiger partial charge in [-0.15, -0.1) is 0 Å². The summed E-state index contributed by atoms with van der Waals surface area (Å²) in [6.45, 7) is 0. The Morgan fingerprint density at radius 1 is 0.759 bits per heavy atom. The van der Waals surface area contributed by atoms with Crippen LogP contribution in [0.2, 0.25) is 0 Å². The van der Waals surface area contributed by atoms with Crippen LogP contribution in [0.25, 0.3) is 21.5 Å². The maximum Gasteiger partial charge on any atom is 0.339 e. The number of carboxylic acid groups (broad SMARTS) is 2. The molecule has 144 valence electrons. The monoisotopic (exact) mass is 387 g/mol. The van der Waals surface area contributed by atoms with Gasteiger partial charge in [-0.2, -0.15) is 0 Å². The fourth-order valence-electron chi connectivity index (χ4n) is 3.82. The lowest BCUT2D eigenvalue weighted by molar-refractivity contribution is -0.268. The molecule has 4 aromatic carbocycles. The molecular formula is C23H15O6-. The van der Waals surface area contributed by atoms with Crippen molar-refractivity contribution in [2.45, 2.75) is 6.42 Å². The van der Waals surface area contributed by atoms with Crippen molar-refractivity contribution >= 4 is 33.5 Å².